The van der Waals surface area contributed by atoms with Crippen LogP contribution in [0.5, 0.6) is 0 Å². The molecule has 1 rings (SSSR count). The smallest absolute Gasteiger partial charge is 0.146 e. The number of nitrogen functional groups attached to an aromatic ring is 1. The molecular formula is C8H12FN3. The predicted molar refractivity (Wildman–Crippen MR) is 46.8 cm³/mol. The zero-order chi connectivity index (χ0) is 9.14. The lowest BCUT2D eigenvalue weighted by Gasteiger charge is -2.09. The van der Waals surface area contributed by atoms with Gasteiger partial charge in [0.25, 0.3) is 0 Å². The van der Waals surface area contributed by atoms with Crippen LogP contribution in [0, 0.1) is 5.82 Å². The molecule has 4 heteroatoms. The van der Waals surface area contributed by atoms with E-state index in [1.807, 2.05) is 0 Å². The zero-order valence-corrected chi connectivity index (χ0v) is 6.63. The number of hydrogen-bond acceptors (Lipinski definition) is 3. The molecule has 0 fully saturated rings. The summed E-state index contributed by atoms with van der Waals surface area (Å²) in [6.07, 6.45) is 0. The second-order valence-electron chi connectivity index (χ2n) is 2.62. The van der Waals surface area contributed by atoms with Gasteiger partial charge in [-0.25, -0.2) is 4.39 Å². The van der Waals surface area contributed by atoms with Gasteiger partial charge in [-0.15, -0.1) is 0 Å². The van der Waals surface area contributed by atoms with Gasteiger partial charge in [-0.2, -0.15) is 0 Å². The van der Waals surface area contributed by atoms with E-state index < -0.39 is 5.82 Å². The van der Waals surface area contributed by atoms with Gasteiger partial charge in [-0.3, -0.25) is 0 Å². The van der Waals surface area contributed by atoms with Crippen LogP contribution in [0.25, 0.3) is 0 Å². The topological polar surface area (TPSA) is 78.1 Å². The Morgan fingerprint density at radius 3 is 2.58 bits per heavy atom. The lowest BCUT2D eigenvalue weighted by Crippen LogP contribution is -2.20. The van der Waals surface area contributed by atoms with Crippen LogP contribution in [0.2, 0.25) is 0 Å². The van der Waals surface area contributed by atoms with E-state index in [4.69, 9.17) is 17.2 Å². The molecule has 1 aromatic rings. The molecule has 1 aromatic carbocycles. The Kier molecular flexibility index (Phi) is 2.62. The maximum absolute atomic E-state index is 12.7. The number of hydrogen-bond donors (Lipinski definition) is 3. The van der Waals surface area contributed by atoms with Crippen LogP contribution in [0.3, 0.4) is 0 Å². The molecule has 0 heterocycles. The summed E-state index contributed by atoms with van der Waals surface area (Å²) >= 11 is 0. The van der Waals surface area contributed by atoms with E-state index in [0.29, 0.717) is 6.54 Å². The highest BCUT2D eigenvalue weighted by Gasteiger charge is 2.05. The van der Waals surface area contributed by atoms with E-state index in [1.54, 1.807) is 6.07 Å². The maximum Gasteiger partial charge on any atom is 0.146 e. The maximum atomic E-state index is 12.7. The van der Waals surface area contributed by atoms with Crippen molar-refractivity contribution < 1.29 is 4.39 Å². The highest BCUT2D eigenvalue weighted by molar-refractivity contribution is 5.43. The van der Waals surface area contributed by atoms with Gasteiger partial charge >= 0.3 is 0 Å². The van der Waals surface area contributed by atoms with Crippen molar-refractivity contribution in [2.75, 3.05) is 12.3 Å². The van der Waals surface area contributed by atoms with E-state index in [2.05, 4.69) is 0 Å². The Morgan fingerprint density at radius 1 is 1.42 bits per heavy atom. The molecule has 0 spiro atoms. The van der Waals surface area contributed by atoms with Crippen LogP contribution < -0.4 is 17.2 Å². The van der Waals surface area contributed by atoms with Crippen molar-refractivity contribution in [1.29, 1.82) is 0 Å². The molecule has 12 heavy (non-hydrogen) atoms. The standard InChI is InChI=1S/C8H12FN3/c9-6-2-1-5(3-7(6)11)8(12)4-10/h1-3,8H,4,10-12H2/t8-/m1/s1. The molecule has 6 N–H and O–H groups in total. The third-order valence-corrected chi connectivity index (χ3v) is 1.70. The van der Waals surface area contributed by atoms with Gasteiger partial charge in [0, 0.05) is 12.6 Å². The van der Waals surface area contributed by atoms with E-state index in [-0.39, 0.29) is 11.7 Å². The van der Waals surface area contributed by atoms with Crippen LogP contribution in [-0.4, -0.2) is 6.54 Å². The third-order valence-electron chi connectivity index (χ3n) is 1.70. The Bertz CT molecular complexity index is 275. The first-order chi connectivity index (χ1) is 5.65. The summed E-state index contributed by atoms with van der Waals surface area (Å²) in [4.78, 5) is 0. The van der Waals surface area contributed by atoms with Gasteiger partial charge in [-0.1, -0.05) is 6.07 Å². The molecule has 0 bridgehead atoms. The molecule has 0 radical (unpaired) electrons. The number of anilines is 1. The average Bonchev–Trinajstić information content (AvgIpc) is 2.08. The van der Waals surface area contributed by atoms with Crippen molar-refractivity contribution in [1.82, 2.24) is 0 Å². The van der Waals surface area contributed by atoms with Gasteiger partial charge < -0.3 is 17.2 Å². The number of benzene rings is 1. The molecule has 0 aliphatic carbocycles. The van der Waals surface area contributed by atoms with Crippen LogP contribution in [-0.2, 0) is 0 Å². The van der Waals surface area contributed by atoms with Crippen molar-refractivity contribution in [2.24, 2.45) is 11.5 Å². The summed E-state index contributed by atoms with van der Waals surface area (Å²) in [6.45, 7) is 0.324. The van der Waals surface area contributed by atoms with Gasteiger partial charge in [0.2, 0.25) is 0 Å². The van der Waals surface area contributed by atoms with Crippen molar-refractivity contribution in [3.8, 4) is 0 Å². The summed E-state index contributed by atoms with van der Waals surface area (Å²) in [5.41, 5.74) is 17.2. The first kappa shape index (κ1) is 8.96. The SMILES string of the molecule is NC[C@@H](N)c1ccc(F)c(N)c1. The van der Waals surface area contributed by atoms with Crippen LogP contribution in [0.15, 0.2) is 18.2 Å². The second kappa shape index (κ2) is 3.51. The lowest BCUT2D eigenvalue weighted by molar-refractivity contribution is 0.629. The molecular weight excluding hydrogens is 157 g/mol. The number of halogens is 1. The Hall–Kier alpha value is -1.13. The minimum Gasteiger partial charge on any atom is -0.396 e. The number of rotatable bonds is 2. The normalized spacial score (nSPS) is 12.9. The summed E-state index contributed by atoms with van der Waals surface area (Å²) in [5, 5.41) is 0. The molecule has 3 nitrogen and oxygen atoms in total. The average molecular weight is 169 g/mol. The molecule has 0 saturated carbocycles. The minimum absolute atomic E-state index is 0.108. The minimum atomic E-state index is -0.428. The summed E-state index contributed by atoms with van der Waals surface area (Å²) in [6, 6.07) is 4.11. The van der Waals surface area contributed by atoms with E-state index in [0.717, 1.165) is 5.56 Å². The number of nitrogens with two attached hydrogens (primary N) is 3. The molecule has 0 amide bonds. The van der Waals surface area contributed by atoms with Crippen molar-refractivity contribution >= 4 is 5.69 Å². The first-order valence-corrected chi connectivity index (χ1v) is 3.65. The van der Waals surface area contributed by atoms with E-state index in [1.165, 1.54) is 12.1 Å². The van der Waals surface area contributed by atoms with Gasteiger partial charge in [-0.05, 0) is 17.7 Å². The van der Waals surface area contributed by atoms with Gasteiger partial charge in [0.15, 0.2) is 0 Å². The van der Waals surface area contributed by atoms with Crippen molar-refractivity contribution in [3.63, 3.8) is 0 Å². The monoisotopic (exact) mass is 169 g/mol. The van der Waals surface area contributed by atoms with Gasteiger partial charge in [0.1, 0.15) is 5.82 Å². The summed E-state index contributed by atoms with van der Waals surface area (Å²) in [5.74, 6) is -0.428. The zero-order valence-electron chi connectivity index (χ0n) is 6.63. The first-order valence-electron chi connectivity index (χ1n) is 3.65. The van der Waals surface area contributed by atoms with Gasteiger partial charge in [0.05, 0.1) is 5.69 Å². The second-order valence-corrected chi connectivity index (χ2v) is 2.62. The van der Waals surface area contributed by atoms with Crippen LogP contribution >= 0.6 is 0 Å². The fourth-order valence-electron chi connectivity index (χ4n) is 0.929. The molecule has 66 valence electrons. The highest BCUT2D eigenvalue weighted by atomic mass is 19.1. The summed E-state index contributed by atoms with van der Waals surface area (Å²) < 4.78 is 12.7. The quantitative estimate of drug-likeness (QED) is 0.559. The highest BCUT2D eigenvalue weighted by Crippen LogP contribution is 2.16. The fourth-order valence-corrected chi connectivity index (χ4v) is 0.929. The van der Waals surface area contributed by atoms with E-state index >= 15 is 0 Å². The van der Waals surface area contributed by atoms with Crippen LogP contribution in [0.1, 0.15) is 11.6 Å². The Labute approximate surface area is 70.3 Å². The summed E-state index contributed by atoms with van der Waals surface area (Å²) in [7, 11) is 0. The molecule has 0 unspecified atom stereocenters. The lowest BCUT2D eigenvalue weighted by atomic mass is 10.1. The van der Waals surface area contributed by atoms with E-state index in [9.17, 15) is 4.39 Å². The molecule has 0 saturated heterocycles. The molecule has 0 aliphatic rings. The fraction of sp³-hybridized carbons (Fsp3) is 0.250. The molecule has 1 atom stereocenters. The Morgan fingerprint density at radius 2 is 2.08 bits per heavy atom. The predicted octanol–water partition coefficient (Wildman–Crippen LogP) is 0.366. The molecule has 0 aliphatic heterocycles. The van der Waals surface area contributed by atoms with Crippen molar-refractivity contribution in [3.05, 3.63) is 29.6 Å². The molecule has 0 aromatic heterocycles. The largest absolute Gasteiger partial charge is 0.396 e. The van der Waals surface area contributed by atoms with Crippen LogP contribution in [0.4, 0.5) is 10.1 Å². The third kappa shape index (κ3) is 1.72. The Balaban J connectivity index is 2.96. The van der Waals surface area contributed by atoms with Crippen molar-refractivity contribution in [2.45, 2.75) is 6.04 Å².